The molecule has 0 spiro atoms. The zero-order chi connectivity index (χ0) is 20.4. The highest BCUT2D eigenvalue weighted by atomic mass is 79.9. The predicted octanol–water partition coefficient (Wildman–Crippen LogP) is 3.59. The van der Waals surface area contributed by atoms with Gasteiger partial charge < -0.3 is 15.5 Å². The molecule has 2 N–H and O–H groups in total. The number of nitro benzene ring substituents is 1. The highest BCUT2D eigenvalue weighted by Gasteiger charge is 2.12. The average molecular weight is 449 g/mol. The van der Waals surface area contributed by atoms with Crippen LogP contribution in [0, 0.1) is 10.1 Å². The number of nitrogens with two attached hydrogens (primary N) is 1. The minimum absolute atomic E-state index is 0.147. The summed E-state index contributed by atoms with van der Waals surface area (Å²) in [5.41, 5.74) is 9.15. The predicted molar refractivity (Wildman–Crippen MR) is 119 cm³/mol. The first-order valence-corrected chi connectivity index (χ1v) is 10.6. The summed E-state index contributed by atoms with van der Waals surface area (Å²) in [5, 5.41) is 11.1. The fraction of sp³-hybridized carbons (Fsp3) is 0.429. The average Bonchev–Trinajstić information content (AvgIpc) is 2.70. The van der Waals surface area contributed by atoms with Gasteiger partial charge in [0.05, 0.1) is 4.92 Å². The summed E-state index contributed by atoms with van der Waals surface area (Å²) < 4.78 is 0. The second kappa shape index (κ2) is 11.8. The number of benzene rings is 2. The lowest BCUT2D eigenvalue weighted by Gasteiger charge is -2.32. The number of nitrogen functional groups attached to an aromatic ring is 1. The van der Waals surface area contributed by atoms with Crippen LogP contribution in [0.15, 0.2) is 48.5 Å². The van der Waals surface area contributed by atoms with E-state index in [0.29, 0.717) is 0 Å². The van der Waals surface area contributed by atoms with E-state index < -0.39 is 4.92 Å². The molecular formula is C21H29BrN4O2. The molecule has 0 saturated carbocycles. The third-order valence-electron chi connectivity index (χ3n) is 4.82. The molecule has 7 heteroatoms. The van der Waals surface area contributed by atoms with Crippen molar-refractivity contribution in [3.05, 3.63) is 69.8 Å². The largest absolute Gasteiger partial charge is 0.399 e. The van der Waals surface area contributed by atoms with Gasteiger partial charge in [0.15, 0.2) is 0 Å². The third-order valence-corrected chi connectivity index (χ3v) is 5.22. The molecule has 6 nitrogen and oxygen atoms in total. The smallest absolute Gasteiger partial charge is 0.269 e. The number of non-ortho nitro benzene ring substituents is 1. The summed E-state index contributed by atoms with van der Waals surface area (Å²) in [7, 11) is 2.19. The van der Waals surface area contributed by atoms with Crippen molar-refractivity contribution < 1.29 is 4.92 Å². The fourth-order valence-corrected chi connectivity index (χ4v) is 3.39. The van der Waals surface area contributed by atoms with Gasteiger partial charge in [-0.05, 0) is 43.1 Å². The van der Waals surface area contributed by atoms with Crippen LogP contribution >= 0.6 is 15.9 Å². The van der Waals surface area contributed by atoms with Gasteiger partial charge in [-0.25, -0.2) is 0 Å². The van der Waals surface area contributed by atoms with Crippen molar-refractivity contribution in [3.8, 4) is 0 Å². The van der Waals surface area contributed by atoms with Crippen molar-refractivity contribution in [1.29, 1.82) is 0 Å². The van der Waals surface area contributed by atoms with E-state index in [4.69, 9.17) is 5.73 Å². The van der Waals surface area contributed by atoms with Crippen LogP contribution in [0.25, 0.3) is 0 Å². The lowest BCUT2D eigenvalue weighted by atomic mass is 10.1. The molecule has 0 atom stereocenters. The zero-order valence-electron chi connectivity index (χ0n) is 16.4. The Balaban J connectivity index is 0.000000209. The maximum atomic E-state index is 10.3. The molecule has 1 aliphatic rings. The number of piperazine rings is 1. The molecule has 0 unspecified atom stereocenters. The summed E-state index contributed by atoms with van der Waals surface area (Å²) in [6.45, 7) is 5.96. The molecule has 0 radical (unpaired) electrons. The summed E-state index contributed by atoms with van der Waals surface area (Å²) in [6.07, 6.45) is 2.03. The van der Waals surface area contributed by atoms with Crippen LogP contribution in [0.5, 0.6) is 0 Å². The Kier molecular flexibility index (Phi) is 9.40. The lowest BCUT2D eigenvalue weighted by Crippen LogP contribution is -2.45. The monoisotopic (exact) mass is 448 g/mol. The Labute approximate surface area is 175 Å². The Morgan fingerprint density at radius 3 is 2.04 bits per heavy atom. The Bertz CT molecular complexity index is 714. The fourth-order valence-electron chi connectivity index (χ4n) is 2.94. The van der Waals surface area contributed by atoms with E-state index in [1.54, 1.807) is 12.1 Å². The number of halogens is 1. The number of likely N-dealkylation sites (N-methyl/N-ethyl adjacent to an activating group) is 1. The van der Waals surface area contributed by atoms with Crippen LogP contribution < -0.4 is 5.73 Å². The van der Waals surface area contributed by atoms with Gasteiger partial charge in [-0.3, -0.25) is 10.1 Å². The summed E-state index contributed by atoms with van der Waals surface area (Å²) in [4.78, 5) is 14.8. The van der Waals surface area contributed by atoms with Gasteiger partial charge >= 0.3 is 0 Å². The minimum Gasteiger partial charge on any atom is -0.399 e. The van der Waals surface area contributed by atoms with E-state index >= 15 is 0 Å². The van der Waals surface area contributed by atoms with E-state index in [1.165, 1.54) is 43.9 Å². The SMILES string of the molecule is CN1CCN(CCc2ccc(N)cc2)CC1.O=[N+]([O-])c1ccc(CCBr)cc1. The van der Waals surface area contributed by atoms with Crippen LogP contribution in [-0.4, -0.2) is 59.8 Å². The van der Waals surface area contributed by atoms with Gasteiger partial charge in [0.1, 0.15) is 0 Å². The van der Waals surface area contributed by atoms with Gasteiger partial charge in [0.2, 0.25) is 0 Å². The van der Waals surface area contributed by atoms with Crippen molar-refractivity contribution in [1.82, 2.24) is 9.80 Å². The van der Waals surface area contributed by atoms with E-state index in [1.807, 2.05) is 12.1 Å². The van der Waals surface area contributed by atoms with Gasteiger partial charge in [-0.15, -0.1) is 0 Å². The van der Waals surface area contributed by atoms with Gasteiger partial charge in [-0.2, -0.15) is 0 Å². The third kappa shape index (κ3) is 7.96. The first-order chi connectivity index (χ1) is 13.5. The molecule has 2 aromatic carbocycles. The second-order valence-electron chi connectivity index (χ2n) is 7.00. The Morgan fingerprint density at radius 2 is 1.50 bits per heavy atom. The van der Waals surface area contributed by atoms with Crippen LogP contribution in [-0.2, 0) is 12.8 Å². The van der Waals surface area contributed by atoms with Crippen molar-refractivity contribution in [3.63, 3.8) is 0 Å². The summed E-state index contributed by atoms with van der Waals surface area (Å²) in [6, 6.07) is 14.8. The molecular weight excluding hydrogens is 420 g/mol. The number of rotatable bonds is 6. The molecule has 1 aliphatic heterocycles. The number of nitro groups is 1. The molecule has 152 valence electrons. The lowest BCUT2D eigenvalue weighted by molar-refractivity contribution is -0.384. The number of hydrogen-bond donors (Lipinski definition) is 1. The van der Waals surface area contributed by atoms with Crippen LogP contribution in [0.4, 0.5) is 11.4 Å². The summed E-state index contributed by atoms with van der Waals surface area (Å²) in [5.74, 6) is 0. The Hall–Kier alpha value is -1.96. The first kappa shape index (κ1) is 22.3. The number of alkyl halides is 1. The number of hydrogen-bond acceptors (Lipinski definition) is 5. The quantitative estimate of drug-likeness (QED) is 0.316. The topological polar surface area (TPSA) is 75.6 Å². The van der Waals surface area contributed by atoms with Crippen molar-refractivity contribution >= 4 is 27.3 Å². The van der Waals surface area contributed by atoms with E-state index in [-0.39, 0.29) is 5.69 Å². The van der Waals surface area contributed by atoms with Crippen LogP contribution in [0.1, 0.15) is 11.1 Å². The first-order valence-electron chi connectivity index (χ1n) is 9.52. The number of anilines is 1. The molecule has 0 amide bonds. The molecule has 1 saturated heterocycles. The molecule has 0 aliphatic carbocycles. The number of aryl methyl sites for hydroxylation is 1. The molecule has 0 aromatic heterocycles. The second-order valence-corrected chi connectivity index (χ2v) is 7.79. The van der Waals surface area contributed by atoms with Crippen LogP contribution in [0.2, 0.25) is 0 Å². The van der Waals surface area contributed by atoms with E-state index in [2.05, 4.69) is 44.9 Å². The van der Waals surface area contributed by atoms with Crippen molar-refractivity contribution in [2.45, 2.75) is 12.8 Å². The molecule has 28 heavy (non-hydrogen) atoms. The maximum absolute atomic E-state index is 10.3. The standard InChI is InChI=1S/C13H21N3.C8H8BrNO2/c1-15-8-10-16(11-9-15)7-6-12-2-4-13(14)5-3-12;9-6-5-7-1-3-8(4-2-7)10(11)12/h2-5H,6-11,14H2,1H3;1-4H,5-6H2. The molecule has 2 aromatic rings. The van der Waals surface area contributed by atoms with E-state index in [0.717, 1.165) is 36.0 Å². The molecule has 0 bridgehead atoms. The maximum Gasteiger partial charge on any atom is 0.269 e. The highest BCUT2D eigenvalue weighted by Crippen LogP contribution is 2.12. The zero-order valence-corrected chi connectivity index (χ0v) is 18.0. The normalized spacial score (nSPS) is 14.9. The van der Waals surface area contributed by atoms with Crippen molar-refractivity contribution in [2.75, 3.05) is 50.8 Å². The minimum atomic E-state index is -0.391. The van der Waals surface area contributed by atoms with Gasteiger partial charge in [0.25, 0.3) is 5.69 Å². The Morgan fingerprint density at radius 1 is 0.964 bits per heavy atom. The van der Waals surface area contributed by atoms with Gasteiger partial charge in [-0.1, -0.05) is 40.2 Å². The molecule has 3 rings (SSSR count). The highest BCUT2D eigenvalue weighted by molar-refractivity contribution is 9.09. The van der Waals surface area contributed by atoms with Crippen LogP contribution in [0.3, 0.4) is 0 Å². The summed E-state index contributed by atoms with van der Waals surface area (Å²) >= 11 is 3.30. The van der Waals surface area contributed by atoms with Crippen molar-refractivity contribution in [2.24, 2.45) is 0 Å². The number of nitrogens with zero attached hydrogens (tertiary/aromatic N) is 3. The van der Waals surface area contributed by atoms with Gasteiger partial charge in [0, 0.05) is 55.9 Å². The molecule has 1 fully saturated rings. The molecule has 1 heterocycles. The van der Waals surface area contributed by atoms with E-state index in [9.17, 15) is 10.1 Å².